The maximum absolute atomic E-state index is 12.4. The Bertz CT molecular complexity index is 802. The van der Waals surface area contributed by atoms with Gasteiger partial charge < -0.3 is 5.32 Å². The van der Waals surface area contributed by atoms with Crippen LogP contribution in [0.15, 0.2) is 60.3 Å². The van der Waals surface area contributed by atoms with Crippen molar-refractivity contribution in [2.24, 2.45) is 0 Å². The molecule has 2 amide bonds. The number of carbonyl (C=O) groups is 2. The lowest BCUT2D eigenvalue weighted by atomic mass is 10.2. The number of hydrazine groups is 1. The Morgan fingerprint density at radius 2 is 1.58 bits per heavy atom. The number of nitrogens with one attached hydrogen (secondary N) is 2. The Morgan fingerprint density at radius 1 is 1.00 bits per heavy atom. The number of hydrogen-bond donors (Lipinski definition) is 2. The van der Waals surface area contributed by atoms with Crippen LogP contribution in [0.5, 0.6) is 0 Å². The Balaban J connectivity index is 1.74. The normalized spacial score (nSPS) is 14.0. The van der Waals surface area contributed by atoms with Crippen LogP contribution in [0, 0.1) is 0 Å². The van der Waals surface area contributed by atoms with Crippen LogP contribution in [0.4, 0.5) is 11.4 Å². The van der Waals surface area contributed by atoms with Gasteiger partial charge in [-0.05, 0) is 54.6 Å². The second-order valence-electron chi connectivity index (χ2n) is 5.10. The summed E-state index contributed by atoms with van der Waals surface area (Å²) in [7, 11) is 0. The van der Waals surface area contributed by atoms with E-state index in [1.807, 2.05) is 0 Å². The molecule has 0 atom stereocenters. The van der Waals surface area contributed by atoms with Crippen molar-refractivity contribution in [3.8, 4) is 0 Å². The summed E-state index contributed by atoms with van der Waals surface area (Å²) in [5.41, 5.74) is 4.34. The van der Waals surface area contributed by atoms with Gasteiger partial charge in [0.25, 0.3) is 5.91 Å². The van der Waals surface area contributed by atoms with E-state index in [4.69, 9.17) is 23.2 Å². The molecule has 1 aliphatic heterocycles. The van der Waals surface area contributed by atoms with Crippen molar-refractivity contribution in [2.45, 2.75) is 6.42 Å². The van der Waals surface area contributed by atoms with Crippen LogP contribution in [-0.4, -0.2) is 11.8 Å². The van der Waals surface area contributed by atoms with Gasteiger partial charge >= 0.3 is 0 Å². The van der Waals surface area contributed by atoms with Crippen LogP contribution < -0.4 is 15.8 Å². The summed E-state index contributed by atoms with van der Waals surface area (Å²) in [5, 5.41) is 5.23. The van der Waals surface area contributed by atoms with Crippen molar-refractivity contribution in [1.29, 1.82) is 0 Å². The van der Waals surface area contributed by atoms with E-state index < -0.39 is 0 Å². The summed E-state index contributed by atoms with van der Waals surface area (Å²) < 4.78 is 0. The molecule has 5 nitrogen and oxygen atoms in total. The lowest BCUT2D eigenvalue weighted by Gasteiger charge is -2.28. The predicted octanol–water partition coefficient (Wildman–Crippen LogP) is 3.76. The summed E-state index contributed by atoms with van der Waals surface area (Å²) in [6.45, 7) is 0. The number of benzene rings is 2. The van der Waals surface area contributed by atoms with Gasteiger partial charge in [-0.3, -0.25) is 15.0 Å². The molecule has 0 radical (unpaired) electrons. The Morgan fingerprint density at radius 3 is 2.21 bits per heavy atom. The van der Waals surface area contributed by atoms with Crippen LogP contribution in [0.3, 0.4) is 0 Å². The van der Waals surface area contributed by atoms with Crippen LogP contribution in [0.2, 0.25) is 10.0 Å². The van der Waals surface area contributed by atoms with Crippen LogP contribution >= 0.6 is 23.2 Å². The first-order chi connectivity index (χ1) is 11.5. The minimum atomic E-state index is -0.344. The Kier molecular flexibility index (Phi) is 4.74. The maximum Gasteiger partial charge on any atom is 0.273 e. The summed E-state index contributed by atoms with van der Waals surface area (Å²) in [6, 6.07) is 13.5. The highest BCUT2D eigenvalue weighted by molar-refractivity contribution is 6.31. The molecule has 3 rings (SSSR count). The van der Waals surface area contributed by atoms with Gasteiger partial charge in [0.05, 0.1) is 5.69 Å². The zero-order valence-electron chi connectivity index (χ0n) is 12.4. The fourth-order valence-electron chi connectivity index (χ4n) is 2.18. The quantitative estimate of drug-likeness (QED) is 0.874. The number of anilines is 2. The number of halogens is 2. The predicted molar refractivity (Wildman–Crippen MR) is 94.9 cm³/mol. The molecule has 0 spiro atoms. The highest BCUT2D eigenvalue weighted by Gasteiger charge is 2.24. The smallest absolute Gasteiger partial charge is 0.273 e. The first kappa shape index (κ1) is 16.4. The van der Waals surface area contributed by atoms with E-state index in [0.29, 0.717) is 27.1 Å². The number of hydrogen-bond acceptors (Lipinski definition) is 3. The monoisotopic (exact) mass is 361 g/mol. The molecular weight excluding hydrogens is 349 g/mol. The number of carbonyl (C=O) groups excluding carboxylic acids is 2. The molecule has 0 aromatic heterocycles. The lowest BCUT2D eigenvalue weighted by Crippen LogP contribution is -2.47. The zero-order chi connectivity index (χ0) is 17.1. The van der Waals surface area contributed by atoms with Gasteiger partial charge in [-0.25, -0.2) is 5.01 Å². The van der Waals surface area contributed by atoms with Gasteiger partial charge in [0, 0.05) is 22.2 Å². The molecule has 122 valence electrons. The maximum atomic E-state index is 12.4. The third kappa shape index (κ3) is 3.69. The van der Waals surface area contributed by atoms with Crippen molar-refractivity contribution < 1.29 is 9.59 Å². The zero-order valence-corrected chi connectivity index (χ0v) is 13.9. The number of rotatable bonds is 3. The van der Waals surface area contributed by atoms with Gasteiger partial charge in [-0.1, -0.05) is 23.2 Å². The van der Waals surface area contributed by atoms with Gasteiger partial charge in [0.15, 0.2) is 0 Å². The van der Waals surface area contributed by atoms with E-state index in [-0.39, 0.29) is 18.2 Å². The van der Waals surface area contributed by atoms with Gasteiger partial charge in [-0.15, -0.1) is 0 Å². The fourth-order valence-corrected chi connectivity index (χ4v) is 2.43. The van der Waals surface area contributed by atoms with E-state index >= 15 is 0 Å². The van der Waals surface area contributed by atoms with Crippen molar-refractivity contribution in [1.82, 2.24) is 5.43 Å². The van der Waals surface area contributed by atoms with Crippen molar-refractivity contribution >= 4 is 46.4 Å². The SMILES string of the molecule is O=C(Nc1ccc(Cl)cc1)C1=CCC(=O)N(c2ccc(Cl)cc2)N1. The van der Waals surface area contributed by atoms with Crippen molar-refractivity contribution in [2.75, 3.05) is 10.3 Å². The van der Waals surface area contributed by atoms with Gasteiger partial charge in [-0.2, -0.15) is 0 Å². The second-order valence-corrected chi connectivity index (χ2v) is 5.97. The lowest BCUT2D eigenvalue weighted by molar-refractivity contribution is -0.119. The Labute approximate surface area is 148 Å². The summed E-state index contributed by atoms with van der Waals surface area (Å²) in [6.07, 6.45) is 1.68. The molecule has 2 aromatic carbocycles. The van der Waals surface area contributed by atoms with Crippen molar-refractivity contribution in [3.63, 3.8) is 0 Å². The summed E-state index contributed by atoms with van der Waals surface area (Å²) >= 11 is 11.7. The molecule has 0 aliphatic carbocycles. The molecule has 0 fully saturated rings. The molecule has 0 bridgehead atoms. The van der Waals surface area contributed by atoms with E-state index in [1.165, 1.54) is 5.01 Å². The molecule has 1 heterocycles. The Hall–Kier alpha value is -2.50. The topological polar surface area (TPSA) is 61.4 Å². The molecule has 24 heavy (non-hydrogen) atoms. The first-order valence-corrected chi connectivity index (χ1v) is 7.91. The van der Waals surface area contributed by atoms with Crippen LogP contribution in [0.1, 0.15) is 6.42 Å². The van der Waals surface area contributed by atoms with Crippen LogP contribution in [-0.2, 0) is 9.59 Å². The molecular formula is C17H13Cl2N3O2. The van der Waals surface area contributed by atoms with Crippen molar-refractivity contribution in [3.05, 3.63) is 70.3 Å². The fraction of sp³-hybridized carbons (Fsp3) is 0.0588. The molecule has 2 N–H and O–H groups in total. The minimum Gasteiger partial charge on any atom is -0.321 e. The van der Waals surface area contributed by atoms with E-state index in [1.54, 1.807) is 54.6 Å². The third-order valence-electron chi connectivity index (χ3n) is 3.39. The van der Waals surface area contributed by atoms with E-state index in [9.17, 15) is 9.59 Å². The molecule has 0 saturated carbocycles. The summed E-state index contributed by atoms with van der Waals surface area (Å²) in [4.78, 5) is 24.4. The average molecular weight is 362 g/mol. The molecule has 0 unspecified atom stereocenters. The first-order valence-electron chi connectivity index (χ1n) is 7.15. The van der Waals surface area contributed by atoms with Gasteiger partial charge in [0.2, 0.25) is 5.91 Å². The largest absolute Gasteiger partial charge is 0.321 e. The molecule has 0 saturated heterocycles. The number of nitrogens with zero attached hydrogens (tertiary/aromatic N) is 1. The molecule has 2 aromatic rings. The molecule has 7 heteroatoms. The van der Waals surface area contributed by atoms with E-state index in [2.05, 4.69) is 10.7 Å². The van der Waals surface area contributed by atoms with Gasteiger partial charge in [0.1, 0.15) is 5.70 Å². The molecule has 1 aliphatic rings. The average Bonchev–Trinajstić information content (AvgIpc) is 2.58. The van der Waals surface area contributed by atoms with Crippen LogP contribution in [0.25, 0.3) is 0 Å². The highest BCUT2D eigenvalue weighted by Crippen LogP contribution is 2.21. The van der Waals surface area contributed by atoms with E-state index in [0.717, 1.165) is 0 Å². The summed E-state index contributed by atoms with van der Waals surface area (Å²) in [5.74, 6) is -0.510. The standard InChI is InChI=1S/C17H13Cl2N3O2/c18-11-1-5-13(6-2-11)20-17(24)15-9-10-16(23)22(21-15)14-7-3-12(19)4-8-14/h1-9,21H,10H2,(H,20,24). The third-order valence-corrected chi connectivity index (χ3v) is 3.90. The minimum absolute atomic E-state index is 0.124. The highest BCUT2D eigenvalue weighted by atomic mass is 35.5. The second kappa shape index (κ2) is 6.95. The number of amides is 2.